The van der Waals surface area contributed by atoms with E-state index in [-0.39, 0.29) is 0 Å². The lowest BCUT2D eigenvalue weighted by molar-refractivity contribution is 0.983. The van der Waals surface area contributed by atoms with Gasteiger partial charge in [0.2, 0.25) is 4.77 Å². The van der Waals surface area contributed by atoms with Crippen LogP contribution < -0.4 is 5.84 Å². The molecule has 2 heterocycles. The Morgan fingerprint density at radius 1 is 1.35 bits per heavy atom. The van der Waals surface area contributed by atoms with Crippen molar-refractivity contribution in [2.24, 2.45) is 0 Å². The summed E-state index contributed by atoms with van der Waals surface area (Å²) in [6.45, 7) is 1.99. The minimum absolute atomic E-state index is 0.407. The van der Waals surface area contributed by atoms with Gasteiger partial charge in [-0.3, -0.25) is 0 Å². The molecule has 0 fully saturated rings. The number of aryl methyl sites for hydroxylation is 1. The molecule has 0 aliphatic rings. The van der Waals surface area contributed by atoms with Crippen LogP contribution >= 0.6 is 12.2 Å². The fourth-order valence-corrected chi connectivity index (χ4v) is 2.18. The smallest absolute Gasteiger partial charge is 0.214 e. The number of hydrogen-bond donors (Lipinski definition) is 3. The van der Waals surface area contributed by atoms with Gasteiger partial charge >= 0.3 is 0 Å². The van der Waals surface area contributed by atoms with Crippen molar-refractivity contribution >= 4 is 23.1 Å². The lowest BCUT2D eigenvalue weighted by Gasteiger charge is -2.00. The van der Waals surface area contributed by atoms with Crippen molar-refractivity contribution < 1.29 is 0 Å². The fraction of sp³-hybridized carbons (Fsp3) is 0.0909. The molecule has 0 saturated carbocycles. The van der Waals surface area contributed by atoms with Gasteiger partial charge in [-0.05, 0) is 25.2 Å². The van der Waals surface area contributed by atoms with Crippen molar-refractivity contribution in [3.8, 4) is 11.4 Å². The molecule has 5 nitrogen and oxygen atoms in total. The van der Waals surface area contributed by atoms with Crippen molar-refractivity contribution in [2.45, 2.75) is 6.92 Å². The third kappa shape index (κ3) is 1.38. The summed E-state index contributed by atoms with van der Waals surface area (Å²) in [4.78, 5) is 3.31. The second kappa shape index (κ2) is 3.46. The largest absolute Gasteiger partial charge is 0.358 e. The lowest BCUT2D eigenvalue weighted by Crippen LogP contribution is -2.10. The lowest BCUT2D eigenvalue weighted by atomic mass is 10.1. The molecular formula is C11H11N5S. The quantitative estimate of drug-likeness (QED) is 0.454. The number of nitrogens with zero attached hydrogens (tertiary/aromatic N) is 2. The molecule has 86 valence electrons. The number of fused-ring (bicyclic) bond motifs is 1. The zero-order valence-corrected chi connectivity index (χ0v) is 10.0. The molecule has 0 atom stereocenters. The second-order valence-electron chi connectivity index (χ2n) is 3.89. The zero-order chi connectivity index (χ0) is 12.0. The number of aromatic amines is 2. The van der Waals surface area contributed by atoms with Crippen molar-refractivity contribution in [1.29, 1.82) is 0 Å². The van der Waals surface area contributed by atoms with Crippen LogP contribution in [0.1, 0.15) is 5.69 Å². The minimum Gasteiger partial charge on any atom is -0.358 e. The van der Waals surface area contributed by atoms with Crippen LogP contribution in [0.25, 0.3) is 22.3 Å². The molecule has 2 aromatic heterocycles. The van der Waals surface area contributed by atoms with E-state index in [1.165, 1.54) is 4.68 Å². The molecule has 0 unspecified atom stereocenters. The Bertz CT molecular complexity index is 749. The van der Waals surface area contributed by atoms with E-state index in [9.17, 15) is 0 Å². The SMILES string of the molecule is Cc1[nH]c2ccccc2c1-c1n[nH]c(=S)n1N. The van der Waals surface area contributed by atoms with Gasteiger partial charge in [0.25, 0.3) is 0 Å². The number of nitrogen functional groups attached to an aromatic ring is 1. The van der Waals surface area contributed by atoms with Gasteiger partial charge in [-0.2, -0.15) is 5.10 Å². The van der Waals surface area contributed by atoms with Crippen molar-refractivity contribution in [3.05, 3.63) is 34.7 Å². The Kier molecular flexibility index (Phi) is 2.05. The van der Waals surface area contributed by atoms with Gasteiger partial charge in [0.15, 0.2) is 5.82 Å². The van der Waals surface area contributed by atoms with Crippen molar-refractivity contribution in [3.63, 3.8) is 0 Å². The Morgan fingerprint density at radius 3 is 2.82 bits per heavy atom. The van der Waals surface area contributed by atoms with E-state index in [2.05, 4.69) is 15.2 Å². The first-order valence-corrected chi connectivity index (χ1v) is 5.59. The molecule has 0 saturated heterocycles. The van der Waals surface area contributed by atoms with E-state index in [1.807, 2.05) is 31.2 Å². The van der Waals surface area contributed by atoms with Crippen LogP contribution in [0.3, 0.4) is 0 Å². The normalized spacial score (nSPS) is 11.1. The summed E-state index contributed by atoms with van der Waals surface area (Å²) in [5, 5.41) is 7.95. The molecule has 0 aliphatic heterocycles. The summed E-state index contributed by atoms with van der Waals surface area (Å²) >= 11 is 5.02. The molecule has 3 aromatic rings. The molecule has 0 amide bonds. The Labute approximate surface area is 102 Å². The van der Waals surface area contributed by atoms with Gasteiger partial charge in [-0.1, -0.05) is 18.2 Å². The molecule has 0 radical (unpaired) electrons. The molecular weight excluding hydrogens is 234 g/mol. The van der Waals surface area contributed by atoms with Crippen LogP contribution in [0, 0.1) is 11.7 Å². The number of nitrogens with two attached hydrogens (primary N) is 1. The summed E-state index contributed by atoms with van der Waals surface area (Å²) < 4.78 is 1.79. The van der Waals surface area contributed by atoms with E-state index in [0.717, 1.165) is 22.2 Å². The molecule has 17 heavy (non-hydrogen) atoms. The number of nitrogens with one attached hydrogen (secondary N) is 2. The third-order valence-electron chi connectivity index (χ3n) is 2.82. The van der Waals surface area contributed by atoms with Crippen LogP contribution in [0.4, 0.5) is 0 Å². The topological polar surface area (TPSA) is 75.4 Å². The van der Waals surface area contributed by atoms with Gasteiger partial charge in [-0.15, -0.1) is 0 Å². The van der Waals surface area contributed by atoms with Gasteiger partial charge in [0.05, 0.1) is 0 Å². The van der Waals surface area contributed by atoms with E-state index in [0.29, 0.717) is 10.6 Å². The first-order valence-electron chi connectivity index (χ1n) is 5.18. The number of hydrogen-bond acceptors (Lipinski definition) is 3. The van der Waals surface area contributed by atoms with Crippen LogP contribution in [-0.4, -0.2) is 19.9 Å². The molecule has 0 bridgehead atoms. The summed E-state index contributed by atoms with van der Waals surface area (Å²) in [6, 6.07) is 8.03. The summed E-state index contributed by atoms with van der Waals surface area (Å²) in [5.74, 6) is 6.50. The fourth-order valence-electron chi connectivity index (χ4n) is 2.05. The average Bonchev–Trinajstić information content (AvgIpc) is 2.80. The molecule has 4 N–H and O–H groups in total. The summed E-state index contributed by atoms with van der Waals surface area (Å²) in [5.41, 5.74) is 3.07. The number of para-hydroxylation sites is 1. The Hall–Kier alpha value is -2.08. The van der Waals surface area contributed by atoms with Gasteiger partial charge < -0.3 is 10.8 Å². The van der Waals surface area contributed by atoms with Gasteiger partial charge in [-0.25, -0.2) is 9.77 Å². The maximum absolute atomic E-state index is 5.86. The maximum atomic E-state index is 5.86. The van der Waals surface area contributed by atoms with Crippen LogP contribution in [0.5, 0.6) is 0 Å². The van der Waals surface area contributed by atoms with E-state index >= 15 is 0 Å². The van der Waals surface area contributed by atoms with Crippen molar-refractivity contribution in [1.82, 2.24) is 19.9 Å². The predicted molar refractivity (Wildman–Crippen MR) is 69.6 cm³/mol. The maximum Gasteiger partial charge on any atom is 0.214 e. The first-order chi connectivity index (χ1) is 8.18. The van der Waals surface area contributed by atoms with Crippen LogP contribution in [0.2, 0.25) is 0 Å². The number of H-pyrrole nitrogens is 2. The van der Waals surface area contributed by atoms with Crippen molar-refractivity contribution in [2.75, 3.05) is 5.84 Å². The Balaban J connectivity index is 2.41. The van der Waals surface area contributed by atoms with E-state index in [1.54, 1.807) is 0 Å². The number of rotatable bonds is 1. The van der Waals surface area contributed by atoms with Gasteiger partial charge in [0, 0.05) is 22.2 Å². The zero-order valence-electron chi connectivity index (χ0n) is 9.19. The van der Waals surface area contributed by atoms with Crippen LogP contribution in [0.15, 0.2) is 24.3 Å². The molecule has 1 aromatic carbocycles. The molecule has 0 aliphatic carbocycles. The molecule has 3 rings (SSSR count). The minimum atomic E-state index is 0.407. The molecule has 6 heteroatoms. The highest BCUT2D eigenvalue weighted by atomic mass is 32.1. The standard InChI is InChI=1S/C11H11N5S/c1-6-9(10-14-15-11(17)16(10)12)7-4-2-3-5-8(7)13-6/h2-5,13H,12H2,1H3,(H,15,17). The van der Waals surface area contributed by atoms with E-state index in [4.69, 9.17) is 18.1 Å². The second-order valence-corrected chi connectivity index (χ2v) is 4.28. The predicted octanol–water partition coefficient (Wildman–Crippen LogP) is 2.11. The third-order valence-corrected chi connectivity index (χ3v) is 3.11. The summed E-state index contributed by atoms with van der Waals surface area (Å²) in [6.07, 6.45) is 0. The highest BCUT2D eigenvalue weighted by Gasteiger charge is 2.15. The van der Waals surface area contributed by atoms with Crippen LogP contribution in [-0.2, 0) is 0 Å². The Morgan fingerprint density at radius 2 is 2.12 bits per heavy atom. The van der Waals surface area contributed by atoms with E-state index < -0.39 is 0 Å². The average molecular weight is 245 g/mol. The number of aromatic nitrogens is 4. The highest BCUT2D eigenvalue weighted by Crippen LogP contribution is 2.29. The van der Waals surface area contributed by atoms with Gasteiger partial charge in [0.1, 0.15) is 0 Å². The summed E-state index contributed by atoms with van der Waals surface area (Å²) in [7, 11) is 0. The highest BCUT2D eigenvalue weighted by molar-refractivity contribution is 7.71. The monoisotopic (exact) mass is 245 g/mol. The molecule has 0 spiro atoms. The first kappa shape index (κ1) is 10.1. The number of benzene rings is 1.